The van der Waals surface area contributed by atoms with Crippen LogP contribution in [0.4, 0.5) is 0 Å². The summed E-state index contributed by atoms with van der Waals surface area (Å²) in [5.41, 5.74) is 0. The molecule has 3 nitrogen and oxygen atoms in total. The van der Waals surface area contributed by atoms with Gasteiger partial charge in [-0.15, -0.1) is 10.2 Å². The summed E-state index contributed by atoms with van der Waals surface area (Å²) < 4.78 is 2.43. The highest BCUT2D eigenvalue weighted by molar-refractivity contribution is 7.99. The number of hydrogen-bond donors (Lipinski definition) is 1. The minimum absolute atomic E-state index is 0.716. The second-order valence-corrected chi connectivity index (χ2v) is 6.50. The first-order valence-electron chi connectivity index (χ1n) is 6.58. The third-order valence-corrected chi connectivity index (χ3v) is 4.67. The van der Waals surface area contributed by atoms with E-state index in [1.54, 1.807) is 0 Å². The second-order valence-electron chi connectivity index (χ2n) is 5.00. The molecule has 0 aromatic carbocycles. The lowest BCUT2D eigenvalue weighted by Gasteiger charge is -2.07. The lowest BCUT2D eigenvalue weighted by Crippen LogP contribution is -2.02. The normalized spacial score (nSPS) is 19.8. The summed E-state index contributed by atoms with van der Waals surface area (Å²) in [5.74, 6) is 4.12. The van der Waals surface area contributed by atoms with Gasteiger partial charge in [0, 0.05) is 17.7 Å². The fourth-order valence-corrected chi connectivity index (χ4v) is 3.29. The van der Waals surface area contributed by atoms with Gasteiger partial charge in [-0.1, -0.05) is 11.8 Å². The van der Waals surface area contributed by atoms with Crippen LogP contribution in [0.3, 0.4) is 0 Å². The molecule has 1 aromatic heterocycles. The van der Waals surface area contributed by atoms with Gasteiger partial charge in [-0.25, -0.2) is 0 Å². The molecule has 1 heterocycles. The number of rotatable bonds is 7. The standard InChI is InChI=1S/C12H19N3S2/c16-7-1-2-8-17-12-14-13-11(9-3-4-9)15(12)10-5-6-10/h9-10,16H,1-8H2. The van der Waals surface area contributed by atoms with Gasteiger partial charge >= 0.3 is 0 Å². The molecule has 3 rings (SSSR count). The molecule has 0 bridgehead atoms. The van der Waals surface area contributed by atoms with Gasteiger partial charge in [0.2, 0.25) is 0 Å². The molecule has 1 aromatic rings. The van der Waals surface area contributed by atoms with Crippen LogP contribution in [0.1, 0.15) is 56.3 Å². The maximum Gasteiger partial charge on any atom is 0.191 e. The number of unbranched alkanes of at least 4 members (excludes halogenated alkanes) is 1. The van der Waals surface area contributed by atoms with Crippen LogP contribution < -0.4 is 0 Å². The predicted molar refractivity (Wildman–Crippen MR) is 74.1 cm³/mol. The van der Waals surface area contributed by atoms with Crippen LogP contribution in [0.25, 0.3) is 0 Å². The van der Waals surface area contributed by atoms with Crippen molar-refractivity contribution in [1.82, 2.24) is 14.8 Å². The summed E-state index contributed by atoms with van der Waals surface area (Å²) >= 11 is 6.12. The van der Waals surface area contributed by atoms with Crippen molar-refractivity contribution in [2.45, 2.75) is 55.6 Å². The summed E-state index contributed by atoms with van der Waals surface area (Å²) in [6, 6.07) is 0.716. The van der Waals surface area contributed by atoms with Gasteiger partial charge in [0.1, 0.15) is 5.82 Å². The maximum atomic E-state index is 4.42. The highest BCUT2D eigenvalue weighted by Crippen LogP contribution is 2.45. The molecule has 0 saturated heterocycles. The Morgan fingerprint density at radius 1 is 1.18 bits per heavy atom. The predicted octanol–water partition coefficient (Wildman–Crippen LogP) is 3.29. The van der Waals surface area contributed by atoms with Crippen LogP contribution in [-0.2, 0) is 0 Å². The lowest BCUT2D eigenvalue weighted by atomic mass is 10.4. The molecule has 2 aliphatic carbocycles. The summed E-state index contributed by atoms with van der Waals surface area (Å²) in [6.45, 7) is 0. The third-order valence-electron chi connectivity index (χ3n) is 3.33. The van der Waals surface area contributed by atoms with Crippen LogP contribution in [-0.4, -0.2) is 26.3 Å². The van der Waals surface area contributed by atoms with Gasteiger partial charge in [-0.2, -0.15) is 12.6 Å². The van der Waals surface area contributed by atoms with Crippen molar-refractivity contribution in [3.8, 4) is 0 Å². The zero-order valence-electron chi connectivity index (χ0n) is 10.0. The molecule has 0 radical (unpaired) electrons. The molecular weight excluding hydrogens is 250 g/mol. The smallest absolute Gasteiger partial charge is 0.191 e. The molecule has 5 heteroatoms. The molecule has 0 aliphatic heterocycles. The Labute approximate surface area is 112 Å². The molecule has 2 saturated carbocycles. The van der Waals surface area contributed by atoms with E-state index in [1.807, 2.05) is 11.8 Å². The van der Waals surface area contributed by atoms with E-state index >= 15 is 0 Å². The van der Waals surface area contributed by atoms with E-state index in [2.05, 4.69) is 27.4 Å². The highest BCUT2D eigenvalue weighted by Gasteiger charge is 2.36. The average molecular weight is 269 g/mol. The van der Waals surface area contributed by atoms with E-state index in [-0.39, 0.29) is 0 Å². The monoisotopic (exact) mass is 269 g/mol. The van der Waals surface area contributed by atoms with Gasteiger partial charge in [-0.05, 0) is 44.3 Å². The zero-order valence-corrected chi connectivity index (χ0v) is 11.7. The van der Waals surface area contributed by atoms with E-state index in [0.29, 0.717) is 6.04 Å². The van der Waals surface area contributed by atoms with E-state index < -0.39 is 0 Å². The maximum absolute atomic E-state index is 4.42. The van der Waals surface area contributed by atoms with Crippen molar-refractivity contribution in [3.05, 3.63) is 5.82 Å². The number of hydrogen-bond acceptors (Lipinski definition) is 4. The first-order valence-corrected chi connectivity index (χ1v) is 8.20. The fourth-order valence-electron chi connectivity index (χ4n) is 2.06. The summed E-state index contributed by atoms with van der Waals surface area (Å²) in [7, 11) is 0. The van der Waals surface area contributed by atoms with Crippen LogP contribution in [0.15, 0.2) is 5.16 Å². The van der Waals surface area contributed by atoms with Gasteiger partial charge in [0.25, 0.3) is 0 Å². The minimum atomic E-state index is 0.716. The molecule has 0 N–H and O–H groups in total. The van der Waals surface area contributed by atoms with E-state index in [9.17, 15) is 0 Å². The highest BCUT2D eigenvalue weighted by atomic mass is 32.2. The molecule has 17 heavy (non-hydrogen) atoms. The van der Waals surface area contributed by atoms with Gasteiger partial charge in [-0.3, -0.25) is 0 Å². The first kappa shape index (κ1) is 11.9. The molecule has 0 amide bonds. The van der Waals surface area contributed by atoms with E-state index in [1.165, 1.54) is 44.3 Å². The Morgan fingerprint density at radius 2 is 2.00 bits per heavy atom. The third kappa shape index (κ3) is 2.81. The van der Waals surface area contributed by atoms with Crippen LogP contribution in [0, 0.1) is 0 Å². The van der Waals surface area contributed by atoms with Crippen molar-refractivity contribution < 1.29 is 0 Å². The first-order chi connectivity index (χ1) is 8.40. The molecule has 2 fully saturated rings. The Hall–Kier alpha value is -0.160. The fraction of sp³-hybridized carbons (Fsp3) is 0.833. The zero-order chi connectivity index (χ0) is 11.7. The van der Waals surface area contributed by atoms with Gasteiger partial charge in [0.05, 0.1) is 0 Å². The SMILES string of the molecule is SCCCCSc1nnc(C2CC2)n1C1CC1. The number of aromatic nitrogens is 3. The van der Waals surface area contributed by atoms with Crippen molar-refractivity contribution >= 4 is 24.4 Å². The van der Waals surface area contributed by atoms with Crippen molar-refractivity contribution in [2.75, 3.05) is 11.5 Å². The van der Waals surface area contributed by atoms with E-state index in [4.69, 9.17) is 0 Å². The van der Waals surface area contributed by atoms with Crippen molar-refractivity contribution in [1.29, 1.82) is 0 Å². The summed E-state index contributed by atoms with van der Waals surface area (Å²) in [6.07, 6.45) is 7.70. The number of thiol groups is 1. The molecular formula is C12H19N3S2. The minimum Gasteiger partial charge on any atom is -0.303 e. The van der Waals surface area contributed by atoms with Crippen molar-refractivity contribution in [2.24, 2.45) is 0 Å². The number of nitrogens with zero attached hydrogens (tertiary/aromatic N) is 3. The average Bonchev–Trinajstić information content (AvgIpc) is 3.23. The Kier molecular flexibility index (Phi) is 3.66. The lowest BCUT2D eigenvalue weighted by molar-refractivity contribution is 0.626. The van der Waals surface area contributed by atoms with Gasteiger partial charge < -0.3 is 4.57 Å². The molecule has 0 unspecified atom stereocenters. The molecule has 0 atom stereocenters. The number of thioether (sulfide) groups is 1. The summed E-state index contributed by atoms with van der Waals surface area (Å²) in [4.78, 5) is 0. The molecule has 0 spiro atoms. The Morgan fingerprint density at radius 3 is 2.65 bits per heavy atom. The summed E-state index contributed by atoms with van der Waals surface area (Å²) in [5, 5.41) is 9.97. The molecule has 2 aliphatic rings. The van der Waals surface area contributed by atoms with E-state index in [0.717, 1.165) is 22.6 Å². The van der Waals surface area contributed by atoms with Crippen LogP contribution >= 0.6 is 24.4 Å². The van der Waals surface area contributed by atoms with Crippen molar-refractivity contribution in [3.63, 3.8) is 0 Å². The largest absolute Gasteiger partial charge is 0.303 e. The Bertz CT molecular complexity index is 383. The second kappa shape index (κ2) is 5.22. The van der Waals surface area contributed by atoms with Gasteiger partial charge in [0.15, 0.2) is 5.16 Å². The Balaban J connectivity index is 1.66. The molecule has 94 valence electrons. The topological polar surface area (TPSA) is 30.7 Å². The van der Waals surface area contributed by atoms with Crippen LogP contribution in [0.2, 0.25) is 0 Å². The van der Waals surface area contributed by atoms with Crippen LogP contribution in [0.5, 0.6) is 0 Å². The quantitative estimate of drug-likeness (QED) is 0.468.